The summed E-state index contributed by atoms with van der Waals surface area (Å²) in [4.78, 5) is 14.5. The number of halogens is 1. The van der Waals surface area contributed by atoms with Gasteiger partial charge in [0.1, 0.15) is 11.3 Å². The lowest BCUT2D eigenvalue weighted by molar-refractivity contribution is -0.133. The second kappa shape index (κ2) is 8.72. The molecule has 1 saturated heterocycles. The zero-order chi connectivity index (χ0) is 17.1. The van der Waals surface area contributed by atoms with Crippen molar-refractivity contribution in [2.24, 2.45) is 11.8 Å². The number of carbonyl (C=O) groups is 1. The van der Waals surface area contributed by atoms with E-state index < -0.39 is 0 Å². The Labute approximate surface area is 156 Å². The second-order valence-corrected chi connectivity index (χ2v) is 7.16. The van der Waals surface area contributed by atoms with Gasteiger partial charge in [-0.3, -0.25) is 4.79 Å². The van der Waals surface area contributed by atoms with Crippen LogP contribution in [0.1, 0.15) is 44.9 Å². The summed E-state index contributed by atoms with van der Waals surface area (Å²) < 4.78 is 5.92. The summed E-state index contributed by atoms with van der Waals surface area (Å²) in [6, 6.07) is 9.95. The molecule has 5 heteroatoms. The SMILES string of the molecule is CC(CC(=O)N(C)C(C)c1cc2ccccc2o1)C1CCCNC1.Cl. The molecule has 1 aliphatic rings. The Morgan fingerprint density at radius 2 is 2.12 bits per heavy atom. The van der Waals surface area contributed by atoms with Crippen molar-refractivity contribution in [1.82, 2.24) is 10.2 Å². The monoisotopic (exact) mass is 364 g/mol. The standard InChI is InChI=1S/C20H28N2O2.ClH/c1-14(17-8-6-10-21-13-17)11-20(23)22(3)15(2)19-12-16-7-4-5-9-18(16)24-19;/h4-5,7,9,12,14-15,17,21H,6,8,10-11,13H2,1-3H3;1H. The van der Waals surface area contributed by atoms with Crippen LogP contribution in [-0.2, 0) is 4.79 Å². The molecule has 1 amide bonds. The molecular formula is C20H29ClN2O2. The fourth-order valence-electron chi connectivity index (χ4n) is 3.57. The van der Waals surface area contributed by atoms with E-state index in [1.807, 2.05) is 49.2 Å². The minimum absolute atomic E-state index is 0. The van der Waals surface area contributed by atoms with Crippen LogP contribution >= 0.6 is 12.4 Å². The number of hydrogen-bond acceptors (Lipinski definition) is 3. The van der Waals surface area contributed by atoms with Gasteiger partial charge < -0.3 is 14.6 Å². The number of hydrogen-bond donors (Lipinski definition) is 1. The summed E-state index contributed by atoms with van der Waals surface area (Å²) in [5, 5.41) is 4.53. The third-order valence-corrected chi connectivity index (χ3v) is 5.47. The van der Waals surface area contributed by atoms with Crippen molar-refractivity contribution in [3.63, 3.8) is 0 Å². The second-order valence-electron chi connectivity index (χ2n) is 7.16. The predicted octanol–water partition coefficient (Wildman–Crippen LogP) is 4.40. The lowest BCUT2D eigenvalue weighted by Crippen LogP contribution is -2.36. The van der Waals surface area contributed by atoms with Crippen LogP contribution in [0.2, 0.25) is 0 Å². The zero-order valence-corrected chi connectivity index (χ0v) is 16.1. The molecule has 0 aliphatic carbocycles. The molecule has 0 spiro atoms. The highest BCUT2D eigenvalue weighted by atomic mass is 35.5. The molecule has 3 rings (SSSR count). The first-order chi connectivity index (χ1) is 11.6. The van der Waals surface area contributed by atoms with E-state index in [1.54, 1.807) is 0 Å². The van der Waals surface area contributed by atoms with E-state index in [1.165, 1.54) is 12.8 Å². The summed E-state index contributed by atoms with van der Waals surface area (Å²) in [5.41, 5.74) is 0.877. The molecule has 1 aromatic heterocycles. The minimum Gasteiger partial charge on any atom is -0.459 e. The van der Waals surface area contributed by atoms with Gasteiger partial charge in [0.25, 0.3) is 0 Å². The molecule has 0 bridgehead atoms. The van der Waals surface area contributed by atoms with Crippen molar-refractivity contribution in [1.29, 1.82) is 0 Å². The maximum absolute atomic E-state index is 12.7. The Morgan fingerprint density at radius 1 is 1.36 bits per heavy atom. The predicted molar refractivity (Wildman–Crippen MR) is 104 cm³/mol. The molecule has 25 heavy (non-hydrogen) atoms. The van der Waals surface area contributed by atoms with Gasteiger partial charge in [0.05, 0.1) is 6.04 Å². The average Bonchev–Trinajstić information content (AvgIpc) is 3.05. The van der Waals surface area contributed by atoms with E-state index >= 15 is 0 Å². The van der Waals surface area contributed by atoms with Crippen LogP contribution < -0.4 is 5.32 Å². The minimum atomic E-state index is -0.0541. The fraction of sp³-hybridized carbons (Fsp3) is 0.550. The number of rotatable bonds is 5. The number of para-hydroxylation sites is 1. The van der Waals surface area contributed by atoms with Gasteiger partial charge in [-0.15, -0.1) is 12.4 Å². The van der Waals surface area contributed by atoms with Gasteiger partial charge in [-0.1, -0.05) is 25.1 Å². The van der Waals surface area contributed by atoms with Gasteiger partial charge in [-0.2, -0.15) is 0 Å². The Balaban J connectivity index is 0.00000225. The molecule has 1 fully saturated rings. The Bertz CT molecular complexity index is 661. The molecule has 2 aromatic rings. The van der Waals surface area contributed by atoms with Crippen molar-refractivity contribution in [2.75, 3.05) is 20.1 Å². The quantitative estimate of drug-likeness (QED) is 0.855. The Morgan fingerprint density at radius 3 is 2.80 bits per heavy atom. The topological polar surface area (TPSA) is 45.5 Å². The van der Waals surface area contributed by atoms with Gasteiger partial charge in [-0.05, 0) is 56.8 Å². The highest BCUT2D eigenvalue weighted by Crippen LogP contribution is 2.28. The first kappa shape index (κ1) is 19.8. The highest BCUT2D eigenvalue weighted by Gasteiger charge is 2.26. The van der Waals surface area contributed by atoms with Gasteiger partial charge in [0.15, 0.2) is 0 Å². The first-order valence-corrected chi connectivity index (χ1v) is 9.01. The summed E-state index contributed by atoms with van der Waals surface area (Å²) in [6.45, 7) is 6.38. The molecule has 0 saturated carbocycles. The third-order valence-electron chi connectivity index (χ3n) is 5.47. The lowest BCUT2D eigenvalue weighted by Gasteiger charge is -2.30. The molecule has 3 unspecified atom stereocenters. The van der Waals surface area contributed by atoms with Crippen molar-refractivity contribution in [3.05, 3.63) is 36.1 Å². The maximum Gasteiger partial charge on any atom is 0.223 e. The normalized spacial score (nSPS) is 19.9. The first-order valence-electron chi connectivity index (χ1n) is 9.01. The van der Waals surface area contributed by atoms with Crippen LogP contribution in [0.3, 0.4) is 0 Å². The molecule has 3 atom stereocenters. The van der Waals surface area contributed by atoms with E-state index in [2.05, 4.69) is 12.2 Å². The third kappa shape index (κ3) is 4.56. The number of nitrogens with zero attached hydrogens (tertiary/aromatic N) is 1. The summed E-state index contributed by atoms with van der Waals surface area (Å²) in [6.07, 6.45) is 3.05. The van der Waals surface area contributed by atoms with Crippen LogP contribution in [0.15, 0.2) is 34.7 Å². The summed E-state index contributed by atoms with van der Waals surface area (Å²) in [5.74, 6) is 2.06. The average molecular weight is 365 g/mol. The van der Waals surface area contributed by atoms with Crippen LogP contribution in [0.4, 0.5) is 0 Å². The molecule has 0 radical (unpaired) electrons. The van der Waals surface area contributed by atoms with Crippen LogP contribution in [-0.4, -0.2) is 30.9 Å². The van der Waals surface area contributed by atoms with Gasteiger partial charge in [0.2, 0.25) is 5.91 Å². The van der Waals surface area contributed by atoms with Crippen molar-refractivity contribution in [2.45, 2.75) is 39.2 Å². The lowest BCUT2D eigenvalue weighted by atomic mass is 9.85. The molecule has 138 valence electrons. The molecule has 4 nitrogen and oxygen atoms in total. The number of piperidine rings is 1. The van der Waals surface area contributed by atoms with Crippen LogP contribution in [0, 0.1) is 11.8 Å². The van der Waals surface area contributed by atoms with Crippen LogP contribution in [0.5, 0.6) is 0 Å². The zero-order valence-electron chi connectivity index (χ0n) is 15.3. The number of amides is 1. The van der Waals surface area contributed by atoms with Crippen molar-refractivity contribution in [3.8, 4) is 0 Å². The maximum atomic E-state index is 12.7. The number of carbonyl (C=O) groups excluding carboxylic acids is 1. The van der Waals surface area contributed by atoms with Gasteiger partial charge >= 0.3 is 0 Å². The van der Waals surface area contributed by atoms with E-state index in [0.29, 0.717) is 18.3 Å². The van der Waals surface area contributed by atoms with E-state index in [0.717, 1.165) is 29.8 Å². The van der Waals surface area contributed by atoms with Gasteiger partial charge in [0, 0.05) is 18.9 Å². The summed E-state index contributed by atoms with van der Waals surface area (Å²) >= 11 is 0. The van der Waals surface area contributed by atoms with Crippen LogP contribution in [0.25, 0.3) is 11.0 Å². The largest absolute Gasteiger partial charge is 0.459 e. The molecular weight excluding hydrogens is 336 g/mol. The van der Waals surface area contributed by atoms with Crippen molar-refractivity contribution >= 4 is 29.3 Å². The number of furan rings is 1. The van der Waals surface area contributed by atoms with E-state index in [-0.39, 0.29) is 24.4 Å². The molecule has 1 aromatic carbocycles. The Kier molecular flexibility index (Phi) is 6.91. The smallest absolute Gasteiger partial charge is 0.223 e. The highest BCUT2D eigenvalue weighted by molar-refractivity contribution is 5.85. The van der Waals surface area contributed by atoms with E-state index in [4.69, 9.17) is 4.42 Å². The fourth-order valence-corrected chi connectivity index (χ4v) is 3.57. The number of fused-ring (bicyclic) bond motifs is 1. The molecule has 1 N–H and O–H groups in total. The van der Waals surface area contributed by atoms with Crippen molar-refractivity contribution < 1.29 is 9.21 Å². The number of nitrogens with one attached hydrogen (secondary N) is 1. The van der Waals surface area contributed by atoms with E-state index in [9.17, 15) is 4.79 Å². The Hall–Kier alpha value is -1.52. The summed E-state index contributed by atoms with van der Waals surface area (Å²) in [7, 11) is 1.88. The molecule has 1 aliphatic heterocycles. The van der Waals surface area contributed by atoms with Gasteiger partial charge in [-0.25, -0.2) is 0 Å². The number of benzene rings is 1. The molecule has 2 heterocycles.